The van der Waals surface area contributed by atoms with Gasteiger partial charge in [-0.3, -0.25) is 0 Å². The first-order chi connectivity index (χ1) is 13.6. The minimum atomic E-state index is -0.356. The standard InChI is InChI=1S/C21H21NO6/c1-24-12-5-11(6-13(7-12)25-2)19-14-8-17(26-3)18(27-4)9-15(14)22-16-10-28-21(23)20(16)19/h5-9,19,22H,10H2,1-4H3. The molecule has 2 aromatic carbocycles. The van der Waals surface area contributed by atoms with E-state index in [1.54, 1.807) is 34.5 Å². The summed E-state index contributed by atoms with van der Waals surface area (Å²) in [6.45, 7) is 0.208. The summed E-state index contributed by atoms with van der Waals surface area (Å²) in [5.74, 6) is 1.77. The van der Waals surface area contributed by atoms with Gasteiger partial charge in [0.15, 0.2) is 11.5 Å². The lowest BCUT2D eigenvalue weighted by molar-refractivity contribution is -0.136. The summed E-state index contributed by atoms with van der Waals surface area (Å²) in [5, 5.41) is 3.31. The lowest BCUT2D eigenvalue weighted by Gasteiger charge is -2.28. The van der Waals surface area contributed by atoms with Crippen LogP contribution in [-0.4, -0.2) is 41.0 Å². The van der Waals surface area contributed by atoms with Crippen molar-refractivity contribution in [2.24, 2.45) is 0 Å². The van der Waals surface area contributed by atoms with Crippen LogP contribution >= 0.6 is 0 Å². The van der Waals surface area contributed by atoms with Crippen LogP contribution in [0.25, 0.3) is 0 Å². The monoisotopic (exact) mass is 383 g/mol. The Balaban J connectivity index is 1.96. The first kappa shape index (κ1) is 18.0. The molecule has 0 amide bonds. The first-order valence-corrected chi connectivity index (χ1v) is 8.75. The quantitative estimate of drug-likeness (QED) is 0.795. The van der Waals surface area contributed by atoms with E-state index in [0.717, 1.165) is 22.5 Å². The van der Waals surface area contributed by atoms with Gasteiger partial charge in [0, 0.05) is 23.7 Å². The van der Waals surface area contributed by atoms with Crippen molar-refractivity contribution in [3.63, 3.8) is 0 Å². The maximum atomic E-state index is 12.6. The number of ether oxygens (including phenoxy) is 5. The maximum absolute atomic E-state index is 12.6. The number of methoxy groups -OCH3 is 4. The second-order valence-corrected chi connectivity index (χ2v) is 6.47. The van der Waals surface area contributed by atoms with Crippen LogP contribution in [0.5, 0.6) is 23.0 Å². The van der Waals surface area contributed by atoms with Crippen molar-refractivity contribution < 1.29 is 28.5 Å². The molecule has 2 aromatic rings. The Hall–Kier alpha value is -3.35. The van der Waals surface area contributed by atoms with E-state index < -0.39 is 0 Å². The van der Waals surface area contributed by atoms with Crippen LogP contribution in [0.15, 0.2) is 41.6 Å². The van der Waals surface area contributed by atoms with Gasteiger partial charge in [0.1, 0.15) is 18.1 Å². The summed E-state index contributed by atoms with van der Waals surface area (Å²) in [6, 6.07) is 9.34. The molecule has 7 nitrogen and oxygen atoms in total. The fourth-order valence-corrected chi connectivity index (χ4v) is 3.71. The summed E-state index contributed by atoms with van der Waals surface area (Å²) >= 11 is 0. The number of cyclic esters (lactones) is 1. The molecule has 0 aliphatic carbocycles. The van der Waals surface area contributed by atoms with E-state index in [-0.39, 0.29) is 18.5 Å². The van der Waals surface area contributed by atoms with Crippen LogP contribution < -0.4 is 24.3 Å². The first-order valence-electron chi connectivity index (χ1n) is 8.75. The summed E-state index contributed by atoms with van der Waals surface area (Å²) in [6.07, 6.45) is 0. The van der Waals surface area contributed by atoms with Gasteiger partial charge in [0.05, 0.1) is 39.7 Å². The Labute approximate surface area is 162 Å². The van der Waals surface area contributed by atoms with Crippen molar-refractivity contribution in [1.29, 1.82) is 0 Å². The van der Waals surface area contributed by atoms with E-state index in [1.807, 2.05) is 24.3 Å². The Bertz CT molecular complexity index is 959. The third-order valence-electron chi connectivity index (χ3n) is 5.04. The zero-order valence-electron chi connectivity index (χ0n) is 16.1. The number of hydrogen-bond donors (Lipinski definition) is 1. The molecule has 2 aliphatic heterocycles. The molecule has 28 heavy (non-hydrogen) atoms. The maximum Gasteiger partial charge on any atom is 0.337 e. The van der Waals surface area contributed by atoms with Crippen LogP contribution in [0.4, 0.5) is 5.69 Å². The average Bonchev–Trinajstić information content (AvgIpc) is 3.10. The molecule has 0 bridgehead atoms. The van der Waals surface area contributed by atoms with E-state index >= 15 is 0 Å². The van der Waals surface area contributed by atoms with E-state index in [0.29, 0.717) is 28.6 Å². The highest BCUT2D eigenvalue weighted by molar-refractivity contribution is 5.97. The van der Waals surface area contributed by atoms with Gasteiger partial charge in [0.25, 0.3) is 0 Å². The van der Waals surface area contributed by atoms with Gasteiger partial charge >= 0.3 is 5.97 Å². The van der Waals surface area contributed by atoms with Gasteiger partial charge in [-0.15, -0.1) is 0 Å². The second-order valence-electron chi connectivity index (χ2n) is 6.47. The number of nitrogens with one attached hydrogen (secondary N) is 1. The highest BCUT2D eigenvalue weighted by atomic mass is 16.5. The second kappa shape index (κ2) is 6.99. The molecule has 0 radical (unpaired) electrons. The molecule has 0 saturated carbocycles. The Morgan fingerprint density at radius 1 is 0.893 bits per heavy atom. The molecule has 0 fully saturated rings. The fourth-order valence-electron chi connectivity index (χ4n) is 3.71. The van der Waals surface area contributed by atoms with Crippen molar-refractivity contribution in [3.05, 3.63) is 52.7 Å². The number of esters is 1. The molecule has 1 atom stereocenters. The lowest BCUT2D eigenvalue weighted by atomic mass is 9.81. The van der Waals surface area contributed by atoms with Crippen molar-refractivity contribution >= 4 is 11.7 Å². The molecular formula is C21H21NO6. The summed E-state index contributed by atoms with van der Waals surface area (Å²) in [4.78, 5) is 12.6. The zero-order chi connectivity index (χ0) is 19.8. The summed E-state index contributed by atoms with van der Waals surface area (Å²) in [7, 11) is 6.36. The molecule has 7 heteroatoms. The topological polar surface area (TPSA) is 75.3 Å². The van der Waals surface area contributed by atoms with Crippen molar-refractivity contribution in [2.75, 3.05) is 40.4 Å². The number of anilines is 1. The van der Waals surface area contributed by atoms with E-state index in [2.05, 4.69) is 5.32 Å². The molecular weight excluding hydrogens is 362 g/mol. The van der Waals surface area contributed by atoms with Gasteiger partial charge < -0.3 is 29.0 Å². The van der Waals surface area contributed by atoms with Crippen molar-refractivity contribution in [3.8, 4) is 23.0 Å². The number of carbonyl (C=O) groups excluding carboxylic acids is 1. The number of benzene rings is 2. The molecule has 146 valence electrons. The minimum Gasteiger partial charge on any atom is -0.497 e. The average molecular weight is 383 g/mol. The minimum absolute atomic E-state index is 0.208. The molecule has 0 spiro atoms. The summed E-state index contributed by atoms with van der Waals surface area (Å²) < 4.78 is 27.1. The molecule has 4 rings (SSSR count). The number of hydrogen-bond acceptors (Lipinski definition) is 7. The third-order valence-corrected chi connectivity index (χ3v) is 5.04. The third kappa shape index (κ3) is 2.79. The van der Waals surface area contributed by atoms with E-state index in [1.165, 1.54) is 0 Å². The molecule has 0 saturated heterocycles. The molecule has 1 unspecified atom stereocenters. The molecule has 0 aromatic heterocycles. The predicted molar refractivity (Wildman–Crippen MR) is 103 cm³/mol. The highest BCUT2D eigenvalue weighted by Gasteiger charge is 2.39. The zero-order valence-corrected chi connectivity index (χ0v) is 16.1. The van der Waals surface area contributed by atoms with Gasteiger partial charge in [-0.05, 0) is 29.3 Å². The van der Waals surface area contributed by atoms with Crippen LogP contribution in [0.3, 0.4) is 0 Å². The summed E-state index contributed by atoms with van der Waals surface area (Å²) in [5.41, 5.74) is 3.90. The molecule has 2 heterocycles. The smallest absolute Gasteiger partial charge is 0.337 e. The number of fused-ring (bicyclic) bond motifs is 1. The van der Waals surface area contributed by atoms with Gasteiger partial charge in [0.2, 0.25) is 0 Å². The molecule has 2 aliphatic rings. The Kier molecular flexibility index (Phi) is 4.50. The normalized spacial score (nSPS) is 17.3. The van der Waals surface area contributed by atoms with E-state index in [4.69, 9.17) is 23.7 Å². The van der Waals surface area contributed by atoms with Crippen LogP contribution in [0.2, 0.25) is 0 Å². The van der Waals surface area contributed by atoms with Crippen molar-refractivity contribution in [1.82, 2.24) is 0 Å². The fraction of sp³-hybridized carbons (Fsp3) is 0.286. The van der Waals surface area contributed by atoms with Gasteiger partial charge in [-0.25, -0.2) is 4.79 Å². The van der Waals surface area contributed by atoms with Gasteiger partial charge in [-0.1, -0.05) is 0 Å². The SMILES string of the molecule is COc1cc(OC)cc(C2C3=C(COC3=O)Nc3cc(OC)c(OC)cc32)c1. The predicted octanol–water partition coefficient (Wildman–Crippen LogP) is 3.09. The van der Waals surface area contributed by atoms with E-state index in [9.17, 15) is 4.79 Å². The van der Waals surface area contributed by atoms with Crippen LogP contribution in [0, 0.1) is 0 Å². The van der Waals surface area contributed by atoms with Crippen molar-refractivity contribution in [2.45, 2.75) is 5.92 Å². The lowest BCUT2D eigenvalue weighted by Crippen LogP contribution is -2.20. The number of rotatable bonds is 5. The van der Waals surface area contributed by atoms with Crippen LogP contribution in [0.1, 0.15) is 17.0 Å². The number of carbonyl (C=O) groups is 1. The van der Waals surface area contributed by atoms with Gasteiger partial charge in [-0.2, -0.15) is 0 Å². The van der Waals surface area contributed by atoms with Crippen LogP contribution in [-0.2, 0) is 9.53 Å². The Morgan fingerprint density at radius 3 is 2.14 bits per heavy atom. The molecule has 1 N–H and O–H groups in total. The Morgan fingerprint density at radius 2 is 1.54 bits per heavy atom. The highest BCUT2D eigenvalue weighted by Crippen LogP contribution is 2.48. The largest absolute Gasteiger partial charge is 0.497 e.